The number of Topliss-reactive ketones (excluding diaryl/α,β-unsaturated/α-hetero) is 2. The molecule has 17 heavy (non-hydrogen) atoms. The van der Waals surface area contributed by atoms with E-state index in [4.69, 9.17) is 15.3 Å². The monoisotopic (exact) mass is 254 g/mol. The van der Waals surface area contributed by atoms with E-state index in [1.807, 2.05) is 0 Å². The molecule has 0 atom stereocenters. The Morgan fingerprint density at radius 1 is 0.647 bits per heavy atom. The molecular formula is C12H30O5. The van der Waals surface area contributed by atoms with Gasteiger partial charge in [-0.1, -0.05) is 0 Å². The van der Waals surface area contributed by atoms with Crippen LogP contribution in [0.15, 0.2) is 0 Å². The maximum Gasteiger partial charge on any atom is 0.126 e. The Balaban J connectivity index is -0.0000000356. The van der Waals surface area contributed by atoms with E-state index in [2.05, 4.69) is 0 Å². The highest BCUT2D eigenvalue weighted by Crippen LogP contribution is 1.50. The predicted octanol–water partition coefficient (Wildman–Crippen LogP) is 1.19. The van der Waals surface area contributed by atoms with Crippen LogP contribution in [0.25, 0.3) is 0 Å². The van der Waals surface area contributed by atoms with Crippen molar-refractivity contribution >= 4 is 11.6 Å². The summed E-state index contributed by atoms with van der Waals surface area (Å²) >= 11 is 0. The zero-order chi connectivity index (χ0) is 15.3. The predicted molar refractivity (Wildman–Crippen MR) is 71.0 cm³/mol. The Hall–Kier alpha value is -0.780. The standard InChI is InChI=1S/2C3H6O.3C2H6O/c2*1-3(2)4;3*1-2-3/h2*1-2H3;3*3H,2H2,1H3. The van der Waals surface area contributed by atoms with Gasteiger partial charge in [-0.3, -0.25) is 0 Å². The summed E-state index contributed by atoms with van der Waals surface area (Å²) < 4.78 is 0. The van der Waals surface area contributed by atoms with Crippen LogP contribution in [0.1, 0.15) is 48.5 Å². The Labute approximate surface area is 105 Å². The van der Waals surface area contributed by atoms with Gasteiger partial charge in [0.25, 0.3) is 0 Å². The third-order valence-electron chi connectivity index (χ3n) is 0. The van der Waals surface area contributed by atoms with E-state index in [-0.39, 0.29) is 31.4 Å². The van der Waals surface area contributed by atoms with Crippen LogP contribution < -0.4 is 0 Å². The summed E-state index contributed by atoms with van der Waals surface area (Å²) in [6.07, 6.45) is 0. The molecule has 0 aliphatic carbocycles. The van der Waals surface area contributed by atoms with Crippen molar-refractivity contribution in [3.63, 3.8) is 0 Å². The quantitative estimate of drug-likeness (QED) is 0.603. The molecule has 0 radical (unpaired) electrons. The normalized spacial score (nSPS) is 6.24. The largest absolute Gasteiger partial charge is 0.397 e. The Bertz CT molecular complexity index is 99.3. The van der Waals surface area contributed by atoms with Gasteiger partial charge in [-0.2, -0.15) is 0 Å². The number of carbonyl (C=O) groups excluding carboxylic acids is 2. The maximum absolute atomic E-state index is 9.44. The molecule has 0 unspecified atom stereocenters. The van der Waals surface area contributed by atoms with Crippen LogP contribution in [0.4, 0.5) is 0 Å². The SMILES string of the molecule is CC(C)=O.CC(C)=O.CCO.CCO.CCO. The zero-order valence-electron chi connectivity index (χ0n) is 12.3. The Morgan fingerprint density at radius 2 is 0.647 bits per heavy atom. The molecule has 0 bridgehead atoms. The summed E-state index contributed by atoms with van der Waals surface area (Å²) in [5, 5.41) is 22.7. The second-order valence-electron chi connectivity index (χ2n) is 2.77. The van der Waals surface area contributed by atoms with Gasteiger partial charge in [0.2, 0.25) is 0 Å². The van der Waals surface area contributed by atoms with Gasteiger partial charge in [-0.05, 0) is 48.5 Å². The average molecular weight is 254 g/mol. The summed E-state index contributed by atoms with van der Waals surface area (Å²) in [5.41, 5.74) is 0. The number of carbonyl (C=O) groups is 2. The third kappa shape index (κ3) is 4370. The number of aliphatic hydroxyl groups is 3. The minimum atomic E-state index is 0.167. The fourth-order valence-electron chi connectivity index (χ4n) is 0. The van der Waals surface area contributed by atoms with Crippen LogP contribution in [0.5, 0.6) is 0 Å². The van der Waals surface area contributed by atoms with Crippen LogP contribution in [-0.2, 0) is 9.59 Å². The molecule has 3 N–H and O–H groups in total. The summed E-state index contributed by atoms with van der Waals surface area (Å²) in [4.78, 5) is 18.9. The van der Waals surface area contributed by atoms with Crippen LogP contribution in [-0.4, -0.2) is 46.7 Å². The van der Waals surface area contributed by atoms with Crippen molar-refractivity contribution in [1.82, 2.24) is 0 Å². The van der Waals surface area contributed by atoms with Crippen LogP contribution in [0.3, 0.4) is 0 Å². The van der Waals surface area contributed by atoms with Crippen molar-refractivity contribution < 1.29 is 24.9 Å². The summed E-state index contributed by atoms with van der Waals surface area (Å²) in [6, 6.07) is 0. The fourth-order valence-corrected chi connectivity index (χ4v) is 0. The molecule has 0 heterocycles. The molecule has 5 heteroatoms. The van der Waals surface area contributed by atoms with Crippen LogP contribution in [0.2, 0.25) is 0 Å². The first-order valence-electron chi connectivity index (χ1n) is 5.48. The molecule has 0 aromatic rings. The highest BCUT2D eigenvalue weighted by Gasteiger charge is 1.62. The van der Waals surface area contributed by atoms with E-state index in [0.717, 1.165) is 0 Å². The number of ketones is 2. The summed E-state index contributed by atoms with van der Waals surface area (Å²) in [7, 11) is 0. The van der Waals surface area contributed by atoms with Gasteiger partial charge in [0.15, 0.2) is 0 Å². The highest BCUT2D eigenvalue weighted by atomic mass is 16.3. The second kappa shape index (κ2) is 45.5. The molecular weight excluding hydrogens is 224 g/mol. The van der Waals surface area contributed by atoms with E-state index in [9.17, 15) is 9.59 Å². The van der Waals surface area contributed by atoms with Gasteiger partial charge in [0.1, 0.15) is 11.6 Å². The van der Waals surface area contributed by atoms with Crippen LogP contribution >= 0.6 is 0 Å². The minimum Gasteiger partial charge on any atom is -0.397 e. The molecule has 108 valence electrons. The lowest BCUT2D eigenvalue weighted by Gasteiger charge is -1.56. The third-order valence-corrected chi connectivity index (χ3v) is 0. The summed E-state index contributed by atoms with van der Waals surface area (Å²) in [6.45, 7) is 11.9. The van der Waals surface area contributed by atoms with Crippen molar-refractivity contribution in [2.45, 2.75) is 48.5 Å². The first kappa shape index (κ1) is 29.8. The molecule has 0 amide bonds. The molecule has 0 aromatic heterocycles. The van der Waals surface area contributed by atoms with E-state index in [0.29, 0.717) is 0 Å². The molecule has 0 saturated carbocycles. The van der Waals surface area contributed by atoms with E-state index < -0.39 is 0 Å². The zero-order valence-corrected chi connectivity index (χ0v) is 12.3. The van der Waals surface area contributed by atoms with Gasteiger partial charge >= 0.3 is 0 Å². The van der Waals surface area contributed by atoms with Crippen molar-refractivity contribution in [2.75, 3.05) is 19.8 Å². The Morgan fingerprint density at radius 3 is 0.647 bits per heavy atom. The molecule has 0 aromatic carbocycles. The number of rotatable bonds is 0. The molecule has 0 aliphatic heterocycles. The van der Waals surface area contributed by atoms with Crippen LogP contribution in [0, 0.1) is 0 Å². The van der Waals surface area contributed by atoms with Gasteiger partial charge in [0.05, 0.1) is 0 Å². The van der Waals surface area contributed by atoms with Gasteiger partial charge < -0.3 is 24.9 Å². The second-order valence-corrected chi connectivity index (χ2v) is 2.77. The maximum atomic E-state index is 9.44. The minimum absolute atomic E-state index is 0.167. The lowest BCUT2D eigenvalue weighted by molar-refractivity contribution is -0.115. The number of aliphatic hydroxyl groups excluding tert-OH is 3. The highest BCUT2D eigenvalue weighted by molar-refractivity contribution is 5.72. The van der Waals surface area contributed by atoms with Crippen molar-refractivity contribution in [3.8, 4) is 0 Å². The molecule has 0 saturated heterocycles. The smallest absolute Gasteiger partial charge is 0.126 e. The molecule has 5 nitrogen and oxygen atoms in total. The van der Waals surface area contributed by atoms with Crippen molar-refractivity contribution in [2.24, 2.45) is 0 Å². The first-order valence-corrected chi connectivity index (χ1v) is 5.48. The molecule has 0 fully saturated rings. The molecule has 0 aliphatic rings. The van der Waals surface area contributed by atoms with Gasteiger partial charge in [-0.25, -0.2) is 0 Å². The molecule has 0 spiro atoms. The lowest BCUT2D eigenvalue weighted by atomic mass is 10.6. The van der Waals surface area contributed by atoms with E-state index >= 15 is 0 Å². The van der Waals surface area contributed by atoms with E-state index in [1.165, 1.54) is 27.7 Å². The van der Waals surface area contributed by atoms with Crippen molar-refractivity contribution in [1.29, 1.82) is 0 Å². The average Bonchev–Trinajstić information content (AvgIpc) is 2.03. The van der Waals surface area contributed by atoms with Gasteiger partial charge in [-0.15, -0.1) is 0 Å². The number of hydrogen-bond acceptors (Lipinski definition) is 5. The van der Waals surface area contributed by atoms with Crippen molar-refractivity contribution in [3.05, 3.63) is 0 Å². The van der Waals surface area contributed by atoms with E-state index in [1.54, 1.807) is 20.8 Å². The topological polar surface area (TPSA) is 94.8 Å². The molecule has 0 rings (SSSR count). The lowest BCUT2D eigenvalue weighted by Crippen LogP contribution is -1.69. The number of hydrogen-bond donors (Lipinski definition) is 3. The van der Waals surface area contributed by atoms with Gasteiger partial charge in [0, 0.05) is 19.8 Å². The Kier molecular flexibility index (Phi) is 80.0. The first-order chi connectivity index (χ1) is 7.71. The fraction of sp³-hybridized carbons (Fsp3) is 0.833. The summed E-state index contributed by atoms with van der Waals surface area (Å²) in [5.74, 6) is 0.333.